The molecule has 0 N–H and O–H groups in total. The van der Waals surface area contributed by atoms with Crippen LogP contribution in [0.2, 0.25) is 10.0 Å². The summed E-state index contributed by atoms with van der Waals surface area (Å²) in [5.74, 6) is -2.70. The molecule has 0 unspecified atom stereocenters. The summed E-state index contributed by atoms with van der Waals surface area (Å²) < 4.78 is 4.46. The fraction of sp³-hybridized carbons (Fsp3) is 0.167. The van der Waals surface area contributed by atoms with E-state index in [1.54, 1.807) is 6.92 Å². The van der Waals surface area contributed by atoms with Gasteiger partial charge in [0.05, 0.1) is 16.7 Å². The van der Waals surface area contributed by atoms with Crippen molar-refractivity contribution in [2.75, 3.05) is 6.61 Å². The number of ether oxygens (including phenoxy) is 1. The summed E-state index contributed by atoms with van der Waals surface area (Å²) in [6.07, 6.45) is 0.664. The van der Waals surface area contributed by atoms with Gasteiger partial charge in [-0.3, -0.25) is 4.79 Å². The van der Waals surface area contributed by atoms with E-state index in [2.05, 4.69) is 4.74 Å². The monoisotopic (exact) mass is 294 g/mol. The molecule has 0 heterocycles. The zero-order chi connectivity index (χ0) is 13.7. The molecule has 0 aromatic heterocycles. The number of allylic oxidation sites excluding steroid dienone is 1. The third-order valence-electron chi connectivity index (χ3n) is 1.94. The van der Waals surface area contributed by atoms with Crippen LogP contribution in [0.5, 0.6) is 0 Å². The summed E-state index contributed by atoms with van der Waals surface area (Å²) in [7, 11) is 0. The van der Waals surface area contributed by atoms with Crippen molar-refractivity contribution in [3.8, 4) is 0 Å². The molecule has 0 radical (unpaired) electrons. The molecule has 4 nitrogen and oxygen atoms in total. The second-order valence-electron chi connectivity index (χ2n) is 3.22. The van der Waals surface area contributed by atoms with Crippen LogP contribution in [0.25, 0.3) is 0 Å². The first kappa shape index (κ1) is 18.1. The quantitative estimate of drug-likeness (QED) is 0.235. The molecule has 0 saturated heterocycles. The van der Waals surface area contributed by atoms with E-state index in [1.165, 1.54) is 18.2 Å². The summed E-state index contributed by atoms with van der Waals surface area (Å²) in [5, 5.41) is 11.7. The molecule has 19 heavy (non-hydrogen) atoms. The van der Waals surface area contributed by atoms with Crippen LogP contribution >= 0.6 is 23.2 Å². The predicted octanol–water partition coefficient (Wildman–Crippen LogP) is -1.01. The normalized spacial score (nSPS) is 10.6. The van der Waals surface area contributed by atoms with E-state index >= 15 is 0 Å². The summed E-state index contributed by atoms with van der Waals surface area (Å²) >= 11 is 11.4. The van der Waals surface area contributed by atoms with E-state index in [-0.39, 0.29) is 36.1 Å². The third kappa shape index (κ3) is 5.29. The van der Waals surface area contributed by atoms with Crippen LogP contribution in [0.15, 0.2) is 30.0 Å². The minimum Gasteiger partial charge on any atom is -0.867 e. The molecule has 0 aliphatic carbocycles. The first-order valence-electron chi connectivity index (χ1n) is 5.01. The van der Waals surface area contributed by atoms with Gasteiger partial charge in [0.25, 0.3) is 0 Å². The van der Waals surface area contributed by atoms with Crippen molar-refractivity contribution in [2.45, 2.75) is 6.92 Å². The standard InChI is InChI=1S/C12H10Cl2O4.Li/c1-2-18-12(17)11(16)6-10(15)7-3-4-8(13)9(14)5-7;/h3-6,16H,2H2,1H3;/q;+1/p-1/b11-6-;. The molecule has 0 saturated carbocycles. The van der Waals surface area contributed by atoms with Crippen molar-refractivity contribution in [1.82, 2.24) is 0 Å². The fourth-order valence-electron chi connectivity index (χ4n) is 1.11. The Labute approximate surface area is 132 Å². The van der Waals surface area contributed by atoms with Crippen LogP contribution in [0.1, 0.15) is 17.3 Å². The number of hydrogen-bond donors (Lipinski definition) is 0. The summed E-state index contributed by atoms with van der Waals surface area (Å²) in [6, 6.07) is 4.16. The Morgan fingerprint density at radius 3 is 2.47 bits per heavy atom. The SMILES string of the molecule is CCOC(=O)/C([O-])=C/C(=O)c1ccc(Cl)c(Cl)c1.[Li+]. The van der Waals surface area contributed by atoms with E-state index in [4.69, 9.17) is 23.2 Å². The predicted molar refractivity (Wildman–Crippen MR) is 65.5 cm³/mol. The Balaban J connectivity index is 0.00000324. The number of halogens is 2. The minimum absolute atomic E-state index is 0. The van der Waals surface area contributed by atoms with Gasteiger partial charge in [-0.2, -0.15) is 0 Å². The van der Waals surface area contributed by atoms with Gasteiger partial charge in [0.1, 0.15) is 0 Å². The first-order chi connectivity index (χ1) is 8.45. The van der Waals surface area contributed by atoms with Gasteiger partial charge in [0.15, 0.2) is 5.78 Å². The van der Waals surface area contributed by atoms with Gasteiger partial charge < -0.3 is 9.84 Å². The molecule has 0 aliphatic rings. The molecule has 96 valence electrons. The Bertz CT molecular complexity index is 514. The van der Waals surface area contributed by atoms with E-state index in [9.17, 15) is 14.7 Å². The van der Waals surface area contributed by atoms with Crippen LogP contribution in [-0.2, 0) is 9.53 Å². The van der Waals surface area contributed by atoms with Gasteiger partial charge in [-0.15, -0.1) is 0 Å². The Morgan fingerprint density at radius 2 is 1.95 bits per heavy atom. The Kier molecular flexibility index (Phi) is 7.89. The smallest absolute Gasteiger partial charge is 0.867 e. The van der Waals surface area contributed by atoms with Crippen molar-refractivity contribution in [1.29, 1.82) is 0 Å². The maximum absolute atomic E-state index is 11.6. The maximum atomic E-state index is 11.6. The molecular weight excluding hydrogens is 286 g/mol. The maximum Gasteiger partial charge on any atom is 1.00 e. The summed E-state index contributed by atoms with van der Waals surface area (Å²) in [4.78, 5) is 22.7. The largest absolute Gasteiger partial charge is 1.00 e. The molecular formula is C12H9Cl2LiO4. The van der Waals surface area contributed by atoms with Crippen LogP contribution in [0, 0.1) is 0 Å². The molecule has 0 fully saturated rings. The summed E-state index contributed by atoms with van der Waals surface area (Å²) in [6.45, 7) is 1.63. The molecule has 0 atom stereocenters. The number of rotatable bonds is 4. The van der Waals surface area contributed by atoms with Crippen LogP contribution in [0.3, 0.4) is 0 Å². The summed E-state index contributed by atoms with van der Waals surface area (Å²) in [5.41, 5.74) is 0.169. The van der Waals surface area contributed by atoms with Crippen LogP contribution in [0.4, 0.5) is 0 Å². The fourth-order valence-corrected chi connectivity index (χ4v) is 1.41. The number of hydrogen-bond acceptors (Lipinski definition) is 4. The van der Waals surface area contributed by atoms with Crippen LogP contribution in [-0.4, -0.2) is 18.4 Å². The topological polar surface area (TPSA) is 66.4 Å². The third-order valence-corrected chi connectivity index (χ3v) is 2.68. The van der Waals surface area contributed by atoms with Gasteiger partial charge in [-0.1, -0.05) is 23.2 Å². The van der Waals surface area contributed by atoms with Crippen LogP contribution < -0.4 is 24.0 Å². The van der Waals surface area contributed by atoms with Gasteiger partial charge in [0, 0.05) is 5.56 Å². The van der Waals surface area contributed by atoms with E-state index < -0.39 is 17.5 Å². The Morgan fingerprint density at radius 1 is 1.32 bits per heavy atom. The van der Waals surface area contributed by atoms with Crippen molar-refractivity contribution in [3.63, 3.8) is 0 Å². The number of ketones is 1. The molecule has 0 bridgehead atoms. The van der Waals surface area contributed by atoms with E-state index in [0.29, 0.717) is 11.1 Å². The zero-order valence-electron chi connectivity index (χ0n) is 10.4. The number of benzene rings is 1. The number of esters is 1. The van der Waals surface area contributed by atoms with Crippen molar-refractivity contribution in [3.05, 3.63) is 45.6 Å². The van der Waals surface area contributed by atoms with Crippen molar-refractivity contribution < 1.29 is 38.3 Å². The molecule has 1 rings (SSSR count). The number of carbonyl (C=O) groups excluding carboxylic acids is 2. The minimum atomic E-state index is -1.06. The van der Waals surface area contributed by atoms with E-state index in [1.807, 2.05) is 0 Å². The van der Waals surface area contributed by atoms with Gasteiger partial charge >= 0.3 is 24.8 Å². The second kappa shape index (κ2) is 8.29. The average Bonchev–Trinajstić information content (AvgIpc) is 2.32. The van der Waals surface area contributed by atoms with Crippen molar-refractivity contribution in [2.24, 2.45) is 0 Å². The average molecular weight is 295 g/mol. The molecule has 1 aromatic rings. The molecule has 0 spiro atoms. The number of carbonyl (C=O) groups is 2. The molecule has 1 aromatic carbocycles. The first-order valence-corrected chi connectivity index (χ1v) is 5.76. The molecule has 7 heteroatoms. The second-order valence-corrected chi connectivity index (χ2v) is 4.04. The van der Waals surface area contributed by atoms with Crippen molar-refractivity contribution >= 4 is 35.0 Å². The van der Waals surface area contributed by atoms with Gasteiger partial charge in [-0.05, 0) is 37.0 Å². The Hall–Kier alpha value is -0.923. The molecule has 0 aliphatic heterocycles. The zero-order valence-corrected chi connectivity index (χ0v) is 11.9. The van der Waals surface area contributed by atoms with Gasteiger partial charge in [-0.25, -0.2) is 4.79 Å². The molecule has 0 amide bonds. The van der Waals surface area contributed by atoms with E-state index in [0.717, 1.165) is 0 Å². The van der Waals surface area contributed by atoms with Gasteiger partial charge in [0.2, 0.25) is 0 Å².